The van der Waals surface area contributed by atoms with Crippen molar-refractivity contribution in [3.05, 3.63) is 29.8 Å². The molecule has 1 aliphatic carbocycles. The van der Waals surface area contributed by atoms with Crippen LogP contribution in [0.1, 0.15) is 51.2 Å². The van der Waals surface area contributed by atoms with Gasteiger partial charge in [-0.25, -0.2) is 4.79 Å². The molecule has 2 atom stereocenters. The van der Waals surface area contributed by atoms with E-state index in [9.17, 15) is 9.90 Å². The van der Waals surface area contributed by atoms with Crippen LogP contribution in [0.15, 0.2) is 24.3 Å². The van der Waals surface area contributed by atoms with Gasteiger partial charge in [0, 0.05) is 11.7 Å². The largest absolute Gasteiger partial charge is 0.389 e. The number of aliphatic hydroxyl groups excluding tert-OH is 1. The number of carbonyl (C=O) groups excluding carboxylic acids is 1. The highest BCUT2D eigenvalue weighted by Crippen LogP contribution is 2.27. The number of aliphatic hydroxyl groups is 1. The van der Waals surface area contributed by atoms with E-state index in [-0.39, 0.29) is 12.1 Å². The molecule has 3 N–H and O–H groups in total. The van der Waals surface area contributed by atoms with Gasteiger partial charge in [0.05, 0.1) is 6.10 Å². The third-order valence-corrected chi connectivity index (χ3v) is 4.12. The highest BCUT2D eigenvalue weighted by atomic mass is 16.3. The van der Waals surface area contributed by atoms with Crippen LogP contribution in [-0.4, -0.2) is 17.2 Å². The second-order valence-electron chi connectivity index (χ2n) is 5.73. The first kappa shape index (κ1) is 14.9. The van der Waals surface area contributed by atoms with Gasteiger partial charge in [-0.2, -0.15) is 0 Å². The molecule has 1 aromatic rings. The predicted molar refractivity (Wildman–Crippen MR) is 80.7 cm³/mol. The van der Waals surface area contributed by atoms with Crippen molar-refractivity contribution in [2.24, 2.45) is 5.92 Å². The normalized spacial score (nSPS) is 18.6. The molecule has 110 valence electrons. The fraction of sp³-hybridized carbons (Fsp3) is 0.562. The summed E-state index contributed by atoms with van der Waals surface area (Å²) in [6.07, 6.45) is 4.49. The van der Waals surface area contributed by atoms with Gasteiger partial charge in [-0.3, -0.25) is 0 Å². The second-order valence-corrected chi connectivity index (χ2v) is 5.73. The maximum atomic E-state index is 11.9. The van der Waals surface area contributed by atoms with E-state index in [1.165, 1.54) is 25.7 Å². The molecule has 4 nitrogen and oxygen atoms in total. The van der Waals surface area contributed by atoms with Gasteiger partial charge in [0.15, 0.2) is 0 Å². The summed E-state index contributed by atoms with van der Waals surface area (Å²) in [6, 6.07) is 7.31. The molecule has 2 unspecified atom stereocenters. The van der Waals surface area contributed by atoms with E-state index in [0.717, 1.165) is 11.3 Å². The van der Waals surface area contributed by atoms with Crippen molar-refractivity contribution in [2.45, 2.75) is 51.7 Å². The van der Waals surface area contributed by atoms with E-state index >= 15 is 0 Å². The predicted octanol–water partition coefficient (Wildman–Crippen LogP) is 3.44. The molecule has 0 radical (unpaired) electrons. The Morgan fingerprint density at radius 1 is 1.20 bits per heavy atom. The highest BCUT2D eigenvalue weighted by Gasteiger charge is 2.22. The van der Waals surface area contributed by atoms with E-state index in [1.54, 1.807) is 6.92 Å². The molecule has 4 heteroatoms. The van der Waals surface area contributed by atoms with E-state index in [1.807, 2.05) is 24.3 Å². The summed E-state index contributed by atoms with van der Waals surface area (Å²) in [5.41, 5.74) is 1.58. The molecular weight excluding hydrogens is 252 g/mol. The maximum Gasteiger partial charge on any atom is 0.319 e. The van der Waals surface area contributed by atoms with Crippen molar-refractivity contribution in [3.63, 3.8) is 0 Å². The van der Waals surface area contributed by atoms with Gasteiger partial charge in [-0.1, -0.05) is 25.0 Å². The molecule has 2 rings (SSSR count). The Balaban J connectivity index is 1.84. The lowest BCUT2D eigenvalue weighted by atomic mass is 10.0. The van der Waals surface area contributed by atoms with Gasteiger partial charge in [-0.05, 0) is 50.3 Å². The summed E-state index contributed by atoms with van der Waals surface area (Å²) in [6.45, 7) is 3.80. The fourth-order valence-corrected chi connectivity index (χ4v) is 2.79. The van der Waals surface area contributed by atoms with E-state index in [4.69, 9.17) is 0 Å². The Labute approximate surface area is 120 Å². The third-order valence-electron chi connectivity index (χ3n) is 4.12. The summed E-state index contributed by atoms with van der Waals surface area (Å²) >= 11 is 0. The van der Waals surface area contributed by atoms with Gasteiger partial charge >= 0.3 is 6.03 Å². The first-order chi connectivity index (χ1) is 9.56. The Hall–Kier alpha value is -1.55. The topological polar surface area (TPSA) is 61.4 Å². The minimum atomic E-state index is -0.486. The number of hydrogen-bond acceptors (Lipinski definition) is 2. The van der Waals surface area contributed by atoms with E-state index in [2.05, 4.69) is 17.6 Å². The highest BCUT2D eigenvalue weighted by molar-refractivity contribution is 5.89. The average Bonchev–Trinajstić information content (AvgIpc) is 2.93. The summed E-state index contributed by atoms with van der Waals surface area (Å²) < 4.78 is 0. The molecule has 1 fully saturated rings. The molecule has 0 heterocycles. The molecule has 20 heavy (non-hydrogen) atoms. The van der Waals surface area contributed by atoms with Crippen molar-refractivity contribution < 1.29 is 9.90 Å². The zero-order valence-corrected chi connectivity index (χ0v) is 12.2. The molecule has 1 aliphatic rings. The molecule has 0 bridgehead atoms. The lowest BCUT2D eigenvalue weighted by Crippen LogP contribution is -2.39. The molecule has 0 saturated heterocycles. The summed E-state index contributed by atoms with van der Waals surface area (Å²) in [4.78, 5) is 11.9. The first-order valence-corrected chi connectivity index (χ1v) is 7.42. The van der Waals surface area contributed by atoms with E-state index < -0.39 is 6.10 Å². The SMILES string of the molecule is CC(O)c1ccc(NC(=O)NC(C)C2CCCC2)cc1. The van der Waals surface area contributed by atoms with Crippen LogP contribution in [0, 0.1) is 5.92 Å². The molecule has 1 saturated carbocycles. The number of anilines is 1. The minimum Gasteiger partial charge on any atom is -0.389 e. The van der Waals surface area contributed by atoms with Crippen LogP contribution in [0.25, 0.3) is 0 Å². The standard InChI is InChI=1S/C16H24N2O2/c1-11(13-5-3-4-6-13)17-16(20)18-15-9-7-14(8-10-15)12(2)19/h7-13,19H,3-6H2,1-2H3,(H2,17,18,20). The number of amides is 2. The molecule has 0 spiro atoms. The minimum absolute atomic E-state index is 0.158. The van der Waals surface area contributed by atoms with Crippen LogP contribution in [-0.2, 0) is 0 Å². The van der Waals surface area contributed by atoms with Gasteiger partial charge in [0.1, 0.15) is 0 Å². The summed E-state index contributed by atoms with van der Waals surface area (Å²) in [5, 5.41) is 15.3. The third kappa shape index (κ3) is 3.97. The fourth-order valence-electron chi connectivity index (χ4n) is 2.79. The zero-order chi connectivity index (χ0) is 14.5. The Morgan fingerprint density at radius 2 is 1.80 bits per heavy atom. The number of benzene rings is 1. The van der Waals surface area contributed by atoms with Crippen LogP contribution < -0.4 is 10.6 Å². The molecule has 1 aromatic carbocycles. The van der Waals surface area contributed by atoms with Gasteiger partial charge in [0.25, 0.3) is 0 Å². The average molecular weight is 276 g/mol. The number of rotatable bonds is 4. The first-order valence-electron chi connectivity index (χ1n) is 7.42. The van der Waals surface area contributed by atoms with Crippen LogP contribution in [0.3, 0.4) is 0 Å². The van der Waals surface area contributed by atoms with Crippen molar-refractivity contribution in [2.75, 3.05) is 5.32 Å². The van der Waals surface area contributed by atoms with E-state index in [0.29, 0.717) is 5.92 Å². The zero-order valence-electron chi connectivity index (χ0n) is 12.2. The Kier molecular flexibility index (Phi) is 5.01. The van der Waals surface area contributed by atoms with Crippen molar-refractivity contribution in [1.29, 1.82) is 0 Å². The summed E-state index contributed by atoms with van der Waals surface area (Å²) in [5.74, 6) is 0.610. The van der Waals surface area contributed by atoms with Crippen LogP contribution in [0.4, 0.5) is 10.5 Å². The van der Waals surface area contributed by atoms with Crippen molar-refractivity contribution in [1.82, 2.24) is 5.32 Å². The van der Waals surface area contributed by atoms with Crippen molar-refractivity contribution in [3.8, 4) is 0 Å². The van der Waals surface area contributed by atoms with Gasteiger partial charge in [-0.15, -0.1) is 0 Å². The van der Waals surface area contributed by atoms with Gasteiger partial charge in [0.2, 0.25) is 0 Å². The smallest absolute Gasteiger partial charge is 0.319 e. The Morgan fingerprint density at radius 3 is 2.35 bits per heavy atom. The molecular formula is C16H24N2O2. The number of hydrogen-bond donors (Lipinski definition) is 3. The quantitative estimate of drug-likeness (QED) is 0.789. The molecule has 2 amide bonds. The van der Waals surface area contributed by atoms with Gasteiger partial charge < -0.3 is 15.7 Å². The van der Waals surface area contributed by atoms with Crippen LogP contribution in [0.2, 0.25) is 0 Å². The molecule has 0 aromatic heterocycles. The monoisotopic (exact) mass is 276 g/mol. The maximum absolute atomic E-state index is 11.9. The lowest BCUT2D eigenvalue weighted by molar-refractivity contribution is 0.199. The summed E-state index contributed by atoms with van der Waals surface area (Å²) in [7, 11) is 0. The second kappa shape index (κ2) is 6.75. The Bertz CT molecular complexity index is 436. The van der Waals surface area contributed by atoms with Crippen LogP contribution >= 0.6 is 0 Å². The number of urea groups is 1. The lowest BCUT2D eigenvalue weighted by Gasteiger charge is -2.20. The number of nitrogens with one attached hydrogen (secondary N) is 2. The molecule has 0 aliphatic heterocycles. The van der Waals surface area contributed by atoms with Crippen LogP contribution in [0.5, 0.6) is 0 Å². The number of carbonyl (C=O) groups is 1. The van der Waals surface area contributed by atoms with Crippen molar-refractivity contribution >= 4 is 11.7 Å².